The van der Waals surface area contributed by atoms with Gasteiger partial charge in [-0.1, -0.05) is 0 Å². The highest BCUT2D eigenvalue weighted by atomic mass is 16.2. The fraction of sp³-hybridized carbons (Fsp3) is 0.462. The molecule has 0 fully saturated rings. The molecule has 4 nitrogen and oxygen atoms in total. The van der Waals surface area contributed by atoms with Crippen LogP contribution in [0, 0.1) is 0 Å². The molecule has 4 heteroatoms. The third kappa shape index (κ3) is 2.00. The average Bonchev–Trinajstić information content (AvgIpc) is 2.62. The van der Waals surface area contributed by atoms with Crippen molar-refractivity contribution in [3.05, 3.63) is 23.8 Å². The summed E-state index contributed by atoms with van der Waals surface area (Å²) in [7, 11) is 3.85. The molecule has 0 radical (unpaired) electrons. The molecular formula is C13H19N3O. The first-order valence-corrected chi connectivity index (χ1v) is 5.87. The van der Waals surface area contributed by atoms with Crippen molar-refractivity contribution in [1.82, 2.24) is 0 Å². The van der Waals surface area contributed by atoms with E-state index in [2.05, 4.69) is 17.9 Å². The number of carbonyl (C=O) groups excluding carboxylic acids is 1. The summed E-state index contributed by atoms with van der Waals surface area (Å²) >= 11 is 0. The number of likely N-dealkylation sites (N-methyl/N-ethyl adjacent to an activating group) is 2. The second kappa shape index (κ2) is 4.37. The number of hydrogen-bond acceptors (Lipinski definition) is 3. The number of nitrogens with zero attached hydrogens (tertiary/aromatic N) is 2. The minimum Gasteiger partial charge on any atom is -0.371 e. The SMILES string of the molecule is CC(CN)N(C)c1ccc2c(c1)CC(=O)N2C. The van der Waals surface area contributed by atoms with E-state index in [1.54, 1.807) is 4.90 Å². The van der Waals surface area contributed by atoms with Gasteiger partial charge < -0.3 is 15.5 Å². The van der Waals surface area contributed by atoms with Crippen LogP contribution >= 0.6 is 0 Å². The number of nitrogens with two attached hydrogens (primary N) is 1. The molecule has 1 atom stereocenters. The normalized spacial score (nSPS) is 16.0. The van der Waals surface area contributed by atoms with Gasteiger partial charge in [0, 0.05) is 38.1 Å². The first-order chi connectivity index (χ1) is 8.04. The highest BCUT2D eigenvalue weighted by molar-refractivity contribution is 6.01. The summed E-state index contributed by atoms with van der Waals surface area (Å²) in [6.07, 6.45) is 0.504. The average molecular weight is 233 g/mol. The zero-order valence-corrected chi connectivity index (χ0v) is 10.6. The van der Waals surface area contributed by atoms with Crippen LogP contribution in [0.25, 0.3) is 0 Å². The second-order valence-corrected chi connectivity index (χ2v) is 4.64. The Morgan fingerprint density at radius 1 is 1.53 bits per heavy atom. The molecular weight excluding hydrogens is 214 g/mol. The summed E-state index contributed by atoms with van der Waals surface area (Å²) < 4.78 is 0. The molecule has 1 aromatic carbocycles. The van der Waals surface area contributed by atoms with Gasteiger partial charge >= 0.3 is 0 Å². The number of benzene rings is 1. The van der Waals surface area contributed by atoms with Crippen LogP contribution in [0.2, 0.25) is 0 Å². The van der Waals surface area contributed by atoms with Crippen LogP contribution in [0.3, 0.4) is 0 Å². The van der Waals surface area contributed by atoms with Gasteiger partial charge in [-0.05, 0) is 30.7 Å². The molecule has 1 aliphatic rings. The maximum Gasteiger partial charge on any atom is 0.231 e. The molecule has 0 bridgehead atoms. The topological polar surface area (TPSA) is 49.6 Å². The summed E-state index contributed by atoms with van der Waals surface area (Å²) in [4.78, 5) is 15.5. The molecule has 2 N–H and O–H groups in total. The summed E-state index contributed by atoms with van der Waals surface area (Å²) in [5.74, 6) is 0.159. The van der Waals surface area contributed by atoms with Crippen LogP contribution < -0.4 is 15.5 Å². The van der Waals surface area contributed by atoms with Crippen LogP contribution in [-0.2, 0) is 11.2 Å². The quantitative estimate of drug-likeness (QED) is 0.847. The number of rotatable bonds is 3. The maximum atomic E-state index is 11.6. The van der Waals surface area contributed by atoms with Crippen molar-refractivity contribution in [1.29, 1.82) is 0 Å². The summed E-state index contributed by atoms with van der Waals surface area (Å²) in [5.41, 5.74) is 8.90. The number of hydrogen-bond donors (Lipinski definition) is 1. The Labute approximate surface area is 102 Å². The van der Waals surface area contributed by atoms with Crippen molar-refractivity contribution in [2.75, 3.05) is 30.4 Å². The monoisotopic (exact) mass is 233 g/mol. The van der Waals surface area contributed by atoms with Gasteiger partial charge in [-0.15, -0.1) is 0 Å². The Bertz CT molecular complexity index is 444. The highest BCUT2D eigenvalue weighted by Crippen LogP contribution is 2.31. The van der Waals surface area contributed by atoms with Crippen molar-refractivity contribution in [3.8, 4) is 0 Å². The van der Waals surface area contributed by atoms with E-state index in [0.29, 0.717) is 19.0 Å². The molecule has 0 aromatic heterocycles. The first-order valence-electron chi connectivity index (χ1n) is 5.87. The van der Waals surface area contributed by atoms with Gasteiger partial charge in [0.2, 0.25) is 5.91 Å². The van der Waals surface area contributed by atoms with Gasteiger partial charge in [-0.3, -0.25) is 4.79 Å². The second-order valence-electron chi connectivity index (χ2n) is 4.64. The van der Waals surface area contributed by atoms with Crippen molar-refractivity contribution in [3.63, 3.8) is 0 Å². The highest BCUT2D eigenvalue weighted by Gasteiger charge is 2.24. The Kier molecular flexibility index (Phi) is 3.07. The molecule has 1 aliphatic heterocycles. The van der Waals surface area contributed by atoms with E-state index in [-0.39, 0.29) is 5.91 Å². The van der Waals surface area contributed by atoms with Crippen LogP contribution in [0.1, 0.15) is 12.5 Å². The van der Waals surface area contributed by atoms with Crippen molar-refractivity contribution < 1.29 is 4.79 Å². The van der Waals surface area contributed by atoms with Gasteiger partial charge in [-0.25, -0.2) is 0 Å². The smallest absolute Gasteiger partial charge is 0.231 e. The van der Waals surface area contributed by atoms with Crippen molar-refractivity contribution >= 4 is 17.3 Å². The predicted octanol–water partition coefficient (Wildman–Crippen LogP) is 0.989. The van der Waals surface area contributed by atoms with Crippen molar-refractivity contribution in [2.24, 2.45) is 5.73 Å². The fourth-order valence-corrected chi connectivity index (χ4v) is 2.09. The van der Waals surface area contributed by atoms with Crippen LogP contribution in [-0.4, -0.2) is 32.6 Å². The Balaban J connectivity index is 2.30. The molecule has 0 spiro atoms. The molecule has 2 rings (SSSR count). The number of fused-ring (bicyclic) bond motifs is 1. The fourth-order valence-electron chi connectivity index (χ4n) is 2.09. The molecule has 0 saturated carbocycles. The summed E-state index contributed by atoms with van der Waals surface area (Å²) in [6.45, 7) is 2.71. The lowest BCUT2D eigenvalue weighted by atomic mass is 10.1. The zero-order valence-electron chi connectivity index (χ0n) is 10.6. The van der Waals surface area contributed by atoms with Crippen LogP contribution in [0.4, 0.5) is 11.4 Å². The number of carbonyl (C=O) groups is 1. The number of anilines is 2. The third-order valence-electron chi connectivity index (χ3n) is 3.55. The minimum atomic E-state index is 0.159. The van der Waals surface area contributed by atoms with Gasteiger partial charge in [0.05, 0.1) is 6.42 Å². The van der Waals surface area contributed by atoms with Crippen molar-refractivity contribution in [2.45, 2.75) is 19.4 Å². The van der Waals surface area contributed by atoms with Crippen LogP contribution in [0.15, 0.2) is 18.2 Å². The predicted molar refractivity (Wildman–Crippen MR) is 70.5 cm³/mol. The van der Waals surface area contributed by atoms with E-state index in [1.807, 2.05) is 26.2 Å². The van der Waals surface area contributed by atoms with E-state index in [1.165, 1.54) is 0 Å². The lowest BCUT2D eigenvalue weighted by molar-refractivity contribution is -0.117. The van der Waals surface area contributed by atoms with E-state index < -0.39 is 0 Å². The first kappa shape index (κ1) is 11.9. The van der Waals surface area contributed by atoms with Gasteiger partial charge in [0.1, 0.15) is 0 Å². The van der Waals surface area contributed by atoms with E-state index in [9.17, 15) is 4.79 Å². The molecule has 1 heterocycles. The molecule has 1 amide bonds. The largest absolute Gasteiger partial charge is 0.371 e. The summed E-state index contributed by atoms with van der Waals surface area (Å²) in [5, 5.41) is 0. The molecule has 1 aromatic rings. The lowest BCUT2D eigenvalue weighted by Crippen LogP contribution is -2.35. The van der Waals surface area contributed by atoms with E-state index >= 15 is 0 Å². The molecule has 92 valence electrons. The third-order valence-corrected chi connectivity index (χ3v) is 3.55. The van der Waals surface area contributed by atoms with Gasteiger partial charge in [0.15, 0.2) is 0 Å². The molecule has 1 unspecified atom stereocenters. The maximum absolute atomic E-state index is 11.6. The molecule has 0 aliphatic carbocycles. The molecule has 17 heavy (non-hydrogen) atoms. The summed E-state index contributed by atoms with van der Waals surface area (Å²) in [6, 6.07) is 6.43. The van der Waals surface area contributed by atoms with Crippen LogP contribution in [0.5, 0.6) is 0 Å². The zero-order chi connectivity index (χ0) is 12.6. The van der Waals surface area contributed by atoms with E-state index in [4.69, 9.17) is 5.73 Å². The van der Waals surface area contributed by atoms with Gasteiger partial charge in [-0.2, -0.15) is 0 Å². The Morgan fingerprint density at radius 2 is 2.24 bits per heavy atom. The number of amides is 1. The van der Waals surface area contributed by atoms with E-state index in [0.717, 1.165) is 16.9 Å². The minimum absolute atomic E-state index is 0.159. The Hall–Kier alpha value is -1.55. The lowest BCUT2D eigenvalue weighted by Gasteiger charge is -2.26. The molecule has 0 saturated heterocycles. The van der Waals surface area contributed by atoms with Gasteiger partial charge in [0.25, 0.3) is 0 Å². The standard InChI is InChI=1S/C13H19N3O/c1-9(8-14)15(2)11-4-5-12-10(6-11)7-13(17)16(12)3/h4-6,9H,7-8,14H2,1-3H3. The Morgan fingerprint density at radius 3 is 2.88 bits per heavy atom.